The van der Waals surface area contributed by atoms with E-state index in [4.69, 9.17) is 5.11 Å². The molecule has 0 aliphatic rings. The smallest absolute Gasteiger partial charge is 0.120 e. The summed E-state index contributed by atoms with van der Waals surface area (Å²) >= 11 is 0. The molecule has 26 heavy (non-hydrogen) atoms. The van der Waals surface area contributed by atoms with Crippen molar-refractivity contribution in [2.45, 2.75) is 20.4 Å². The number of phenols is 1. The van der Waals surface area contributed by atoms with Crippen LogP contribution < -0.4 is 5.32 Å². The fourth-order valence-corrected chi connectivity index (χ4v) is 3.04. The van der Waals surface area contributed by atoms with Crippen molar-refractivity contribution in [1.29, 1.82) is 0 Å². The van der Waals surface area contributed by atoms with Crippen LogP contribution in [0.5, 0.6) is 5.75 Å². The minimum Gasteiger partial charge on any atom is -0.508 e. The number of aromatic nitrogens is 1. The Kier molecular flexibility index (Phi) is 5.71. The zero-order valence-electron chi connectivity index (χ0n) is 15.2. The first-order valence-corrected chi connectivity index (χ1v) is 8.88. The Morgan fingerprint density at radius 3 is 2.73 bits per heavy atom. The fourth-order valence-electron chi connectivity index (χ4n) is 3.04. The van der Waals surface area contributed by atoms with Crippen molar-refractivity contribution in [2.75, 3.05) is 25.0 Å². The van der Waals surface area contributed by atoms with E-state index in [-0.39, 0.29) is 12.4 Å². The number of aryl methyl sites for hydroxylation is 1. The van der Waals surface area contributed by atoms with Crippen molar-refractivity contribution in [3.05, 3.63) is 59.8 Å². The van der Waals surface area contributed by atoms with Gasteiger partial charge in [-0.3, -0.25) is 9.88 Å². The number of rotatable bonds is 7. The number of aliphatic hydroxyl groups excluding tert-OH is 1. The number of pyridine rings is 1. The molecule has 0 aliphatic heterocycles. The number of nitrogens with zero attached hydrogens (tertiary/aromatic N) is 2. The Hall–Kier alpha value is -2.63. The van der Waals surface area contributed by atoms with E-state index in [1.54, 1.807) is 12.3 Å². The molecule has 0 saturated carbocycles. The Morgan fingerprint density at radius 1 is 1.12 bits per heavy atom. The Balaban J connectivity index is 1.88. The number of aromatic hydroxyl groups is 1. The zero-order valence-corrected chi connectivity index (χ0v) is 15.2. The van der Waals surface area contributed by atoms with Crippen LogP contribution >= 0.6 is 0 Å². The average molecular weight is 351 g/mol. The topological polar surface area (TPSA) is 68.6 Å². The van der Waals surface area contributed by atoms with E-state index >= 15 is 0 Å². The summed E-state index contributed by atoms with van der Waals surface area (Å²) in [7, 11) is 0. The van der Waals surface area contributed by atoms with Crippen LogP contribution in [0.15, 0.2) is 48.7 Å². The van der Waals surface area contributed by atoms with Crippen molar-refractivity contribution < 1.29 is 10.2 Å². The number of fused-ring (bicyclic) bond motifs is 1. The standard InChI is InChI=1S/C21H25N3O2/c1-3-24(10-11-25)14-16-13-17(5-7-21(16)26)23-19-8-9-22-20-12-15(2)4-6-18(19)20/h4-9,12-13,25-26H,3,10-11,14H2,1-2H3,(H,22,23). The summed E-state index contributed by atoms with van der Waals surface area (Å²) in [4.78, 5) is 6.52. The molecule has 0 unspecified atom stereocenters. The molecule has 0 bridgehead atoms. The van der Waals surface area contributed by atoms with Gasteiger partial charge in [0.05, 0.1) is 12.1 Å². The number of likely N-dealkylation sites (N-methyl/N-ethyl adjacent to an activating group) is 1. The third-order valence-electron chi connectivity index (χ3n) is 4.51. The van der Waals surface area contributed by atoms with Gasteiger partial charge in [0.1, 0.15) is 5.75 Å². The van der Waals surface area contributed by atoms with Gasteiger partial charge in [0.2, 0.25) is 0 Å². The highest BCUT2D eigenvalue weighted by Gasteiger charge is 2.09. The summed E-state index contributed by atoms with van der Waals surface area (Å²) in [5, 5.41) is 23.8. The Labute approximate surface area is 153 Å². The molecule has 5 heteroatoms. The molecule has 0 saturated heterocycles. The number of hydrogen-bond donors (Lipinski definition) is 3. The number of aliphatic hydroxyl groups is 1. The molecule has 0 atom stereocenters. The van der Waals surface area contributed by atoms with Crippen molar-refractivity contribution in [3.8, 4) is 5.75 Å². The second-order valence-electron chi connectivity index (χ2n) is 6.44. The molecule has 0 aliphatic carbocycles. The average Bonchev–Trinajstić information content (AvgIpc) is 2.64. The van der Waals surface area contributed by atoms with Crippen LogP contribution in [0.4, 0.5) is 11.4 Å². The van der Waals surface area contributed by atoms with Crippen molar-refractivity contribution >= 4 is 22.3 Å². The van der Waals surface area contributed by atoms with E-state index in [9.17, 15) is 5.11 Å². The van der Waals surface area contributed by atoms with Gasteiger partial charge in [0.25, 0.3) is 0 Å². The lowest BCUT2D eigenvalue weighted by atomic mass is 10.1. The molecule has 3 N–H and O–H groups in total. The Morgan fingerprint density at radius 2 is 1.96 bits per heavy atom. The van der Waals surface area contributed by atoms with Crippen molar-refractivity contribution in [3.63, 3.8) is 0 Å². The second-order valence-corrected chi connectivity index (χ2v) is 6.44. The maximum atomic E-state index is 10.2. The summed E-state index contributed by atoms with van der Waals surface area (Å²) in [5.74, 6) is 0.266. The molecule has 0 spiro atoms. The minimum absolute atomic E-state index is 0.106. The summed E-state index contributed by atoms with van der Waals surface area (Å²) in [5.41, 5.74) is 4.85. The maximum absolute atomic E-state index is 10.2. The third kappa shape index (κ3) is 4.12. The van der Waals surface area contributed by atoms with Crippen LogP contribution in [-0.2, 0) is 6.54 Å². The van der Waals surface area contributed by atoms with Gasteiger partial charge in [-0.2, -0.15) is 0 Å². The number of benzene rings is 2. The quantitative estimate of drug-likeness (QED) is 0.565. The fraction of sp³-hybridized carbons (Fsp3) is 0.286. The number of hydrogen-bond acceptors (Lipinski definition) is 5. The van der Waals surface area contributed by atoms with Crippen LogP contribution in [-0.4, -0.2) is 39.8 Å². The van der Waals surface area contributed by atoms with E-state index < -0.39 is 0 Å². The molecule has 1 aromatic heterocycles. The molecule has 0 radical (unpaired) electrons. The lowest BCUT2D eigenvalue weighted by molar-refractivity contribution is 0.195. The molecular formula is C21H25N3O2. The van der Waals surface area contributed by atoms with Crippen molar-refractivity contribution in [1.82, 2.24) is 9.88 Å². The highest BCUT2D eigenvalue weighted by Crippen LogP contribution is 2.29. The summed E-state index contributed by atoms with van der Waals surface area (Å²) in [6.45, 7) is 6.19. The molecular weight excluding hydrogens is 326 g/mol. The van der Waals surface area contributed by atoms with E-state index in [1.165, 1.54) is 5.56 Å². The molecule has 3 rings (SSSR count). The van der Waals surface area contributed by atoms with E-state index in [0.29, 0.717) is 13.1 Å². The first-order valence-electron chi connectivity index (χ1n) is 8.88. The summed E-state index contributed by atoms with van der Waals surface area (Å²) in [6, 6.07) is 13.7. The first kappa shape index (κ1) is 18.2. The molecule has 0 fully saturated rings. The van der Waals surface area contributed by atoms with Crippen LogP contribution in [0.3, 0.4) is 0 Å². The van der Waals surface area contributed by atoms with Crippen LogP contribution in [0, 0.1) is 6.92 Å². The third-order valence-corrected chi connectivity index (χ3v) is 4.51. The molecule has 136 valence electrons. The monoisotopic (exact) mass is 351 g/mol. The van der Waals surface area contributed by atoms with Crippen LogP contribution in [0.2, 0.25) is 0 Å². The van der Waals surface area contributed by atoms with Gasteiger partial charge in [-0.05, 0) is 49.4 Å². The summed E-state index contributed by atoms with van der Waals surface area (Å²) < 4.78 is 0. The van der Waals surface area contributed by atoms with Crippen LogP contribution in [0.25, 0.3) is 10.9 Å². The second kappa shape index (κ2) is 8.17. The van der Waals surface area contributed by atoms with Gasteiger partial charge in [-0.25, -0.2) is 0 Å². The molecule has 0 amide bonds. The lowest BCUT2D eigenvalue weighted by Gasteiger charge is -2.20. The van der Waals surface area contributed by atoms with Gasteiger partial charge in [-0.15, -0.1) is 0 Å². The summed E-state index contributed by atoms with van der Waals surface area (Å²) in [6.07, 6.45) is 1.80. The Bertz CT molecular complexity index is 896. The van der Waals surface area contributed by atoms with Gasteiger partial charge in [0, 0.05) is 41.6 Å². The SMILES string of the molecule is CCN(CCO)Cc1cc(Nc2ccnc3cc(C)ccc23)ccc1O. The zero-order chi connectivity index (χ0) is 18.5. The normalized spacial score (nSPS) is 11.2. The highest BCUT2D eigenvalue weighted by molar-refractivity contribution is 5.93. The number of nitrogens with one attached hydrogen (secondary N) is 1. The molecule has 5 nitrogen and oxygen atoms in total. The van der Waals surface area contributed by atoms with Gasteiger partial charge >= 0.3 is 0 Å². The molecule has 1 heterocycles. The van der Waals surface area contributed by atoms with Gasteiger partial charge in [0.15, 0.2) is 0 Å². The molecule has 2 aromatic carbocycles. The first-order chi connectivity index (χ1) is 12.6. The largest absolute Gasteiger partial charge is 0.508 e. The van der Waals surface area contributed by atoms with Crippen molar-refractivity contribution in [2.24, 2.45) is 0 Å². The predicted octanol–water partition coefficient (Wildman–Crippen LogP) is 3.81. The van der Waals surface area contributed by atoms with E-state index in [0.717, 1.165) is 34.4 Å². The van der Waals surface area contributed by atoms with E-state index in [2.05, 4.69) is 40.3 Å². The molecule has 3 aromatic rings. The number of phenolic OH excluding ortho intramolecular Hbond substituents is 1. The number of anilines is 2. The van der Waals surface area contributed by atoms with Crippen LogP contribution in [0.1, 0.15) is 18.1 Å². The highest BCUT2D eigenvalue weighted by atomic mass is 16.3. The van der Waals surface area contributed by atoms with E-state index in [1.807, 2.05) is 25.1 Å². The van der Waals surface area contributed by atoms with Gasteiger partial charge in [-0.1, -0.05) is 19.1 Å². The lowest BCUT2D eigenvalue weighted by Crippen LogP contribution is -2.26. The minimum atomic E-state index is 0.106. The van der Waals surface area contributed by atoms with Gasteiger partial charge < -0.3 is 15.5 Å². The maximum Gasteiger partial charge on any atom is 0.120 e. The predicted molar refractivity (Wildman–Crippen MR) is 106 cm³/mol.